The molecule has 0 radical (unpaired) electrons. The second kappa shape index (κ2) is 8.53. The molecule has 0 spiro atoms. The lowest BCUT2D eigenvalue weighted by Gasteiger charge is -2.36. The summed E-state index contributed by atoms with van der Waals surface area (Å²) in [5.41, 5.74) is 0.904. The summed E-state index contributed by atoms with van der Waals surface area (Å²) in [7, 11) is 0. The maximum atomic E-state index is 14.0. The molecule has 0 heterocycles. The predicted molar refractivity (Wildman–Crippen MR) is 87.9 cm³/mol. The van der Waals surface area contributed by atoms with Gasteiger partial charge in [-0.3, -0.25) is 0 Å². The molecule has 21 heavy (non-hydrogen) atoms. The minimum Gasteiger partial charge on any atom is -0.317 e. The molecule has 0 saturated heterocycles. The van der Waals surface area contributed by atoms with Crippen LogP contribution in [0.4, 0.5) is 4.39 Å². The molecule has 1 aromatic rings. The Hall–Kier alpha value is -0.890. The van der Waals surface area contributed by atoms with Crippen molar-refractivity contribution in [1.82, 2.24) is 5.32 Å². The van der Waals surface area contributed by atoms with E-state index in [1.807, 2.05) is 12.1 Å². The van der Waals surface area contributed by atoms with E-state index in [1.165, 1.54) is 32.1 Å². The standard InChI is InChI=1S/C19H30FN/c1-3-7-15-10-11-17(14-21-4-2)18(12-15)13-16-8-5-6-9-19(16)20/h5-6,8-9,15,17-18,21H,3-4,7,10-14H2,1-2H3. The predicted octanol–water partition coefficient (Wildman–Crippen LogP) is 4.81. The number of benzene rings is 1. The van der Waals surface area contributed by atoms with E-state index in [9.17, 15) is 4.39 Å². The smallest absolute Gasteiger partial charge is 0.126 e. The normalized spacial score (nSPS) is 26.0. The van der Waals surface area contributed by atoms with E-state index >= 15 is 0 Å². The molecule has 2 heteroatoms. The fourth-order valence-electron chi connectivity index (χ4n) is 3.89. The molecule has 1 fully saturated rings. The van der Waals surface area contributed by atoms with Gasteiger partial charge in [0.25, 0.3) is 0 Å². The molecular weight excluding hydrogens is 261 g/mol. The number of nitrogens with one attached hydrogen (secondary N) is 1. The molecule has 0 aliphatic heterocycles. The van der Waals surface area contributed by atoms with E-state index in [0.717, 1.165) is 31.0 Å². The largest absolute Gasteiger partial charge is 0.317 e. The third-order valence-corrected chi connectivity index (χ3v) is 5.04. The fourth-order valence-corrected chi connectivity index (χ4v) is 3.89. The van der Waals surface area contributed by atoms with E-state index in [-0.39, 0.29) is 5.82 Å². The fraction of sp³-hybridized carbons (Fsp3) is 0.684. The van der Waals surface area contributed by atoms with Crippen molar-refractivity contribution in [3.63, 3.8) is 0 Å². The van der Waals surface area contributed by atoms with Crippen molar-refractivity contribution in [1.29, 1.82) is 0 Å². The highest BCUT2D eigenvalue weighted by Gasteiger charge is 2.30. The minimum absolute atomic E-state index is 0.0303. The number of halogens is 1. The zero-order chi connectivity index (χ0) is 15.1. The summed E-state index contributed by atoms with van der Waals surface area (Å²) in [6.07, 6.45) is 7.45. The number of hydrogen-bond donors (Lipinski definition) is 1. The Balaban J connectivity index is 2.03. The van der Waals surface area contributed by atoms with Gasteiger partial charge in [-0.1, -0.05) is 51.3 Å². The SMILES string of the molecule is CCCC1CCC(CNCC)C(Cc2ccccc2F)C1. The second-order valence-corrected chi connectivity index (χ2v) is 6.59. The molecule has 3 atom stereocenters. The van der Waals surface area contributed by atoms with Crippen molar-refractivity contribution in [2.75, 3.05) is 13.1 Å². The molecule has 0 bridgehead atoms. The average Bonchev–Trinajstić information content (AvgIpc) is 2.49. The highest BCUT2D eigenvalue weighted by Crippen LogP contribution is 2.38. The maximum Gasteiger partial charge on any atom is 0.126 e. The van der Waals surface area contributed by atoms with Crippen LogP contribution in [0.2, 0.25) is 0 Å². The first-order valence-corrected chi connectivity index (χ1v) is 8.68. The van der Waals surface area contributed by atoms with Crippen LogP contribution >= 0.6 is 0 Å². The van der Waals surface area contributed by atoms with Crippen LogP contribution in [0.1, 0.15) is 51.5 Å². The van der Waals surface area contributed by atoms with E-state index in [4.69, 9.17) is 0 Å². The summed E-state index contributed by atoms with van der Waals surface area (Å²) >= 11 is 0. The van der Waals surface area contributed by atoms with Crippen LogP contribution in [-0.2, 0) is 6.42 Å². The molecule has 1 aliphatic carbocycles. The molecule has 1 saturated carbocycles. The van der Waals surface area contributed by atoms with E-state index in [2.05, 4.69) is 19.2 Å². The van der Waals surface area contributed by atoms with Crippen LogP contribution in [0.5, 0.6) is 0 Å². The lowest BCUT2D eigenvalue weighted by atomic mass is 9.70. The Labute approximate surface area is 129 Å². The Kier molecular flexibility index (Phi) is 6.69. The van der Waals surface area contributed by atoms with Crippen LogP contribution in [0, 0.1) is 23.6 Å². The molecule has 0 aromatic heterocycles. The molecule has 1 nitrogen and oxygen atoms in total. The maximum absolute atomic E-state index is 14.0. The van der Waals surface area contributed by atoms with Crippen LogP contribution in [0.25, 0.3) is 0 Å². The van der Waals surface area contributed by atoms with Crippen molar-refractivity contribution in [2.45, 2.75) is 52.4 Å². The molecule has 1 N–H and O–H groups in total. The summed E-state index contributed by atoms with van der Waals surface area (Å²) < 4.78 is 14.0. The van der Waals surface area contributed by atoms with Gasteiger partial charge in [-0.05, 0) is 61.7 Å². The van der Waals surface area contributed by atoms with Crippen molar-refractivity contribution in [3.8, 4) is 0 Å². The summed E-state index contributed by atoms with van der Waals surface area (Å²) in [4.78, 5) is 0. The van der Waals surface area contributed by atoms with Crippen LogP contribution < -0.4 is 5.32 Å². The van der Waals surface area contributed by atoms with Gasteiger partial charge in [0.2, 0.25) is 0 Å². The van der Waals surface area contributed by atoms with Crippen LogP contribution in [0.3, 0.4) is 0 Å². The van der Waals surface area contributed by atoms with Gasteiger partial charge in [0, 0.05) is 0 Å². The van der Waals surface area contributed by atoms with E-state index < -0.39 is 0 Å². The first-order valence-electron chi connectivity index (χ1n) is 8.68. The third kappa shape index (κ3) is 4.81. The first-order chi connectivity index (χ1) is 10.2. The summed E-state index contributed by atoms with van der Waals surface area (Å²) in [6, 6.07) is 7.31. The van der Waals surface area contributed by atoms with Gasteiger partial charge in [-0.25, -0.2) is 4.39 Å². The van der Waals surface area contributed by atoms with Crippen LogP contribution in [-0.4, -0.2) is 13.1 Å². The van der Waals surface area contributed by atoms with E-state index in [1.54, 1.807) is 12.1 Å². The van der Waals surface area contributed by atoms with Gasteiger partial charge in [0.05, 0.1) is 0 Å². The Bertz CT molecular complexity index is 418. The van der Waals surface area contributed by atoms with Gasteiger partial charge >= 0.3 is 0 Å². The highest BCUT2D eigenvalue weighted by atomic mass is 19.1. The highest BCUT2D eigenvalue weighted by molar-refractivity contribution is 5.18. The second-order valence-electron chi connectivity index (χ2n) is 6.59. The average molecular weight is 291 g/mol. The van der Waals surface area contributed by atoms with Gasteiger partial charge in [0.1, 0.15) is 5.82 Å². The Morgan fingerprint density at radius 1 is 1.14 bits per heavy atom. The molecule has 2 rings (SSSR count). The minimum atomic E-state index is -0.0303. The lowest BCUT2D eigenvalue weighted by Crippen LogP contribution is -2.34. The number of rotatable bonds is 7. The van der Waals surface area contributed by atoms with Gasteiger partial charge in [-0.15, -0.1) is 0 Å². The lowest BCUT2D eigenvalue weighted by molar-refractivity contribution is 0.167. The van der Waals surface area contributed by atoms with Crippen molar-refractivity contribution in [2.24, 2.45) is 17.8 Å². The van der Waals surface area contributed by atoms with Crippen molar-refractivity contribution < 1.29 is 4.39 Å². The monoisotopic (exact) mass is 291 g/mol. The van der Waals surface area contributed by atoms with Gasteiger partial charge in [0.15, 0.2) is 0 Å². The van der Waals surface area contributed by atoms with Gasteiger partial charge in [-0.2, -0.15) is 0 Å². The number of hydrogen-bond acceptors (Lipinski definition) is 1. The van der Waals surface area contributed by atoms with Crippen molar-refractivity contribution >= 4 is 0 Å². The Morgan fingerprint density at radius 3 is 2.67 bits per heavy atom. The summed E-state index contributed by atoms with van der Waals surface area (Å²) in [5.74, 6) is 2.16. The summed E-state index contributed by atoms with van der Waals surface area (Å²) in [5, 5.41) is 3.50. The molecular formula is C19H30FN. The molecule has 1 aliphatic rings. The molecule has 118 valence electrons. The first kappa shape index (κ1) is 16.5. The summed E-state index contributed by atoms with van der Waals surface area (Å²) in [6.45, 7) is 6.56. The van der Waals surface area contributed by atoms with Crippen molar-refractivity contribution in [3.05, 3.63) is 35.6 Å². The molecule has 3 unspecified atom stereocenters. The third-order valence-electron chi connectivity index (χ3n) is 5.04. The topological polar surface area (TPSA) is 12.0 Å². The van der Waals surface area contributed by atoms with Crippen LogP contribution in [0.15, 0.2) is 24.3 Å². The molecule has 0 amide bonds. The zero-order valence-electron chi connectivity index (χ0n) is 13.6. The van der Waals surface area contributed by atoms with E-state index in [0.29, 0.717) is 11.8 Å². The zero-order valence-corrected chi connectivity index (χ0v) is 13.6. The Morgan fingerprint density at radius 2 is 1.95 bits per heavy atom. The molecule has 1 aromatic carbocycles. The van der Waals surface area contributed by atoms with Gasteiger partial charge < -0.3 is 5.32 Å². The quantitative estimate of drug-likeness (QED) is 0.760.